The number of esters is 2. The molecule has 0 saturated heterocycles. The van der Waals surface area contributed by atoms with Crippen molar-refractivity contribution in [3.8, 4) is 0 Å². The monoisotopic (exact) mass is 554 g/mol. The molecule has 4 rings (SSSR count). The average Bonchev–Trinajstić information content (AvgIpc) is 3.07. The maximum Gasteiger partial charge on any atom is 0.330 e. The Balaban J connectivity index is 1.71. The Morgan fingerprint density at radius 3 is 2.23 bits per heavy atom. The van der Waals surface area contributed by atoms with Crippen molar-refractivity contribution in [3.05, 3.63) is 34.9 Å². The molecule has 0 amide bonds. The lowest BCUT2D eigenvalue weighted by atomic mass is 9.44. The molecular weight excluding hydrogens is 504 g/mol. The molecule has 0 heterocycles. The van der Waals surface area contributed by atoms with Gasteiger partial charge in [-0.2, -0.15) is 0 Å². The molecule has 0 aromatic rings. The fourth-order valence-electron chi connectivity index (χ4n) is 9.52. The summed E-state index contributed by atoms with van der Waals surface area (Å²) in [4.78, 5) is 35.6. The zero-order valence-electron chi connectivity index (χ0n) is 26.1. The van der Waals surface area contributed by atoms with Crippen LogP contribution in [0.4, 0.5) is 0 Å². The molecule has 6 heteroatoms. The van der Waals surface area contributed by atoms with E-state index >= 15 is 0 Å². The average molecular weight is 555 g/mol. The second-order valence-electron chi connectivity index (χ2n) is 14.4. The standard InChI is InChI=1S/C34H50O6/c1-20(11-10-12-21(2)30(37)38)26-19-29(40-23(4)36)34(9)25-13-14-27-31(5,6)28(39-22(3)35)16-17-32(27,7)24(25)15-18-33(26,34)8/h12-13,15,20,26-29H,10-11,14,16-19H2,1-9H3,(H,37,38)/b21-12+/t20-,26+,27-,28-,29-,32+,33+,34+/m0/s1. The summed E-state index contributed by atoms with van der Waals surface area (Å²) < 4.78 is 12.0. The van der Waals surface area contributed by atoms with Crippen LogP contribution in [-0.2, 0) is 23.9 Å². The largest absolute Gasteiger partial charge is 0.478 e. The van der Waals surface area contributed by atoms with Crippen molar-refractivity contribution in [2.24, 2.45) is 39.4 Å². The molecule has 0 aromatic heterocycles. The topological polar surface area (TPSA) is 89.9 Å². The zero-order valence-corrected chi connectivity index (χ0v) is 26.1. The van der Waals surface area contributed by atoms with E-state index in [9.17, 15) is 19.5 Å². The Kier molecular flexibility index (Phi) is 8.01. The molecule has 6 nitrogen and oxygen atoms in total. The Morgan fingerprint density at radius 1 is 1.00 bits per heavy atom. The van der Waals surface area contributed by atoms with E-state index in [-0.39, 0.29) is 45.8 Å². The van der Waals surface area contributed by atoms with E-state index in [0.717, 1.165) is 44.9 Å². The van der Waals surface area contributed by atoms with E-state index in [1.165, 1.54) is 25.0 Å². The van der Waals surface area contributed by atoms with Crippen molar-refractivity contribution < 1.29 is 29.0 Å². The highest BCUT2D eigenvalue weighted by molar-refractivity contribution is 5.85. The predicted octanol–water partition coefficient (Wildman–Crippen LogP) is 7.43. The van der Waals surface area contributed by atoms with Crippen LogP contribution in [0.3, 0.4) is 0 Å². The fraction of sp³-hybridized carbons (Fsp3) is 0.735. The molecule has 2 fully saturated rings. The summed E-state index contributed by atoms with van der Waals surface area (Å²) in [5, 5.41) is 9.25. The van der Waals surface area contributed by atoms with Crippen LogP contribution in [0.25, 0.3) is 0 Å². The molecule has 8 atom stereocenters. The molecule has 4 aliphatic carbocycles. The summed E-state index contributed by atoms with van der Waals surface area (Å²) >= 11 is 0. The highest BCUT2D eigenvalue weighted by Crippen LogP contribution is 2.72. The molecule has 0 radical (unpaired) electrons. The molecule has 40 heavy (non-hydrogen) atoms. The van der Waals surface area contributed by atoms with Gasteiger partial charge in [0.2, 0.25) is 0 Å². The molecule has 222 valence electrons. The second-order valence-corrected chi connectivity index (χ2v) is 14.4. The van der Waals surface area contributed by atoms with Gasteiger partial charge in [-0.3, -0.25) is 9.59 Å². The molecule has 0 aliphatic heterocycles. The third-order valence-corrected chi connectivity index (χ3v) is 12.0. The van der Waals surface area contributed by atoms with E-state index in [2.05, 4.69) is 53.7 Å². The minimum atomic E-state index is -0.867. The quantitative estimate of drug-likeness (QED) is 0.260. The SMILES string of the molecule is CC(=O)O[C@H]1CC[C@]2(C)C3=CC[C@]4(C)[C@@H]([C@@H](C)CC/C=C(\C)C(=O)O)C[C@H](OC(C)=O)[C@@]4(C)C3=CC[C@H]2C1(C)C. The summed E-state index contributed by atoms with van der Waals surface area (Å²) in [6.45, 7) is 18.6. The molecule has 1 N–H and O–H groups in total. The smallest absolute Gasteiger partial charge is 0.330 e. The maximum absolute atomic E-state index is 12.4. The first-order chi connectivity index (χ1) is 18.5. The number of carboxylic acids is 1. The number of allylic oxidation sites excluding steroid dienone is 4. The molecule has 0 aromatic carbocycles. The van der Waals surface area contributed by atoms with Crippen LogP contribution in [0, 0.1) is 39.4 Å². The number of fused-ring (bicyclic) bond motifs is 5. The van der Waals surface area contributed by atoms with Crippen molar-refractivity contribution in [1.82, 2.24) is 0 Å². The van der Waals surface area contributed by atoms with Gasteiger partial charge in [-0.05, 0) is 91.6 Å². The zero-order chi connectivity index (χ0) is 29.8. The van der Waals surface area contributed by atoms with Crippen LogP contribution < -0.4 is 0 Å². The van der Waals surface area contributed by atoms with Crippen molar-refractivity contribution in [2.75, 3.05) is 0 Å². The molecule has 0 unspecified atom stereocenters. The van der Waals surface area contributed by atoms with Gasteiger partial charge in [-0.25, -0.2) is 4.79 Å². The number of hydrogen-bond donors (Lipinski definition) is 1. The summed E-state index contributed by atoms with van der Waals surface area (Å²) in [6, 6.07) is 0. The molecule has 0 bridgehead atoms. The summed E-state index contributed by atoms with van der Waals surface area (Å²) in [7, 11) is 0. The van der Waals surface area contributed by atoms with Gasteiger partial charge in [0.1, 0.15) is 12.2 Å². The summed E-state index contributed by atoms with van der Waals surface area (Å²) in [6.07, 6.45) is 12.5. The van der Waals surface area contributed by atoms with Crippen LogP contribution in [0.2, 0.25) is 0 Å². The predicted molar refractivity (Wildman–Crippen MR) is 155 cm³/mol. The number of carbonyl (C=O) groups is 3. The van der Waals surface area contributed by atoms with E-state index in [4.69, 9.17) is 9.47 Å². The first-order valence-corrected chi connectivity index (χ1v) is 15.2. The fourth-order valence-corrected chi connectivity index (χ4v) is 9.52. The van der Waals surface area contributed by atoms with Gasteiger partial charge in [0, 0.05) is 30.3 Å². The van der Waals surface area contributed by atoms with Gasteiger partial charge in [-0.15, -0.1) is 0 Å². The number of ether oxygens (including phenoxy) is 2. The molecule has 0 spiro atoms. The molecule has 2 saturated carbocycles. The third-order valence-electron chi connectivity index (χ3n) is 12.0. The van der Waals surface area contributed by atoms with E-state index in [1.807, 2.05) is 6.08 Å². The van der Waals surface area contributed by atoms with Crippen molar-refractivity contribution in [1.29, 1.82) is 0 Å². The molecular formula is C34H50O6. The Labute approximate surface area is 240 Å². The minimum absolute atomic E-state index is 0.0435. The van der Waals surface area contributed by atoms with E-state index in [1.54, 1.807) is 6.92 Å². The second kappa shape index (κ2) is 10.5. The lowest BCUT2D eigenvalue weighted by molar-refractivity contribution is -0.166. The van der Waals surface area contributed by atoms with Gasteiger partial charge in [-0.1, -0.05) is 59.8 Å². The van der Waals surface area contributed by atoms with E-state index < -0.39 is 5.97 Å². The number of rotatable bonds is 7. The van der Waals surface area contributed by atoms with Crippen LogP contribution in [-0.4, -0.2) is 35.2 Å². The first kappa shape index (κ1) is 30.6. The van der Waals surface area contributed by atoms with Crippen molar-refractivity contribution in [2.45, 2.75) is 119 Å². The lowest BCUT2D eigenvalue weighted by Gasteiger charge is -2.61. The summed E-state index contributed by atoms with van der Waals surface area (Å²) in [5.74, 6) is -0.286. The summed E-state index contributed by atoms with van der Waals surface area (Å²) in [5.41, 5.74) is 2.53. The maximum atomic E-state index is 12.4. The Hall–Kier alpha value is -2.37. The van der Waals surface area contributed by atoms with E-state index in [0.29, 0.717) is 23.3 Å². The minimum Gasteiger partial charge on any atom is -0.478 e. The lowest BCUT2D eigenvalue weighted by Crippen LogP contribution is -2.56. The van der Waals surface area contributed by atoms with Gasteiger partial charge < -0.3 is 14.6 Å². The number of carboxylic acid groups (broad SMARTS) is 1. The third kappa shape index (κ3) is 4.67. The van der Waals surface area contributed by atoms with Gasteiger partial charge in [0.15, 0.2) is 0 Å². The number of hydrogen-bond acceptors (Lipinski definition) is 5. The normalized spacial score (nSPS) is 39.1. The van der Waals surface area contributed by atoms with Crippen LogP contribution in [0.15, 0.2) is 34.9 Å². The van der Waals surface area contributed by atoms with Crippen molar-refractivity contribution >= 4 is 17.9 Å². The highest BCUT2D eigenvalue weighted by Gasteiger charge is 2.67. The Bertz CT molecular complexity index is 1160. The van der Waals surface area contributed by atoms with Crippen LogP contribution in [0.1, 0.15) is 107 Å². The molecule has 4 aliphatic rings. The van der Waals surface area contributed by atoms with Gasteiger partial charge in [0.05, 0.1) is 0 Å². The number of aliphatic carboxylic acids is 1. The Morgan fingerprint density at radius 2 is 1.62 bits per heavy atom. The van der Waals surface area contributed by atoms with Gasteiger partial charge in [0.25, 0.3) is 0 Å². The number of carbonyl (C=O) groups excluding carboxylic acids is 2. The highest BCUT2D eigenvalue weighted by atomic mass is 16.5. The van der Waals surface area contributed by atoms with Crippen molar-refractivity contribution in [3.63, 3.8) is 0 Å². The van der Waals surface area contributed by atoms with Gasteiger partial charge >= 0.3 is 17.9 Å². The first-order valence-electron chi connectivity index (χ1n) is 15.2. The van der Waals surface area contributed by atoms with Crippen LogP contribution in [0.5, 0.6) is 0 Å². The van der Waals surface area contributed by atoms with Crippen LogP contribution >= 0.6 is 0 Å².